The zero-order valence-corrected chi connectivity index (χ0v) is 13.7. The van der Waals surface area contributed by atoms with Crippen LogP contribution in [-0.4, -0.2) is 30.4 Å². The highest BCUT2D eigenvalue weighted by atomic mass is 35.5. The fourth-order valence-electron chi connectivity index (χ4n) is 2.31. The number of nitrogens with one attached hydrogen (secondary N) is 1. The van der Waals surface area contributed by atoms with Gasteiger partial charge in [-0.2, -0.15) is 0 Å². The van der Waals surface area contributed by atoms with Crippen molar-refractivity contribution in [3.8, 4) is 0 Å². The van der Waals surface area contributed by atoms with E-state index in [9.17, 15) is 4.79 Å². The quantitative estimate of drug-likeness (QED) is 0.912. The van der Waals surface area contributed by atoms with Gasteiger partial charge in [0.1, 0.15) is 0 Å². The molecule has 2 rings (SSSR count). The molecule has 0 aromatic heterocycles. The molecule has 3 nitrogen and oxygen atoms in total. The minimum atomic E-state index is 0. The molecule has 0 bridgehead atoms. The molecule has 1 unspecified atom stereocenters. The second-order valence-electron chi connectivity index (χ2n) is 4.96. The van der Waals surface area contributed by atoms with Crippen molar-refractivity contribution in [1.29, 1.82) is 0 Å². The van der Waals surface area contributed by atoms with Gasteiger partial charge in [0, 0.05) is 26.1 Å². The molecule has 1 fully saturated rings. The largest absolute Gasteiger partial charge is 0.341 e. The van der Waals surface area contributed by atoms with E-state index in [-0.39, 0.29) is 18.3 Å². The zero-order chi connectivity index (χ0) is 13.8. The van der Waals surface area contributed by atoms with Crippen LogP contribution in [-0.2, 0) is 11.3 Å². The summed E-state index contributed by atoms with van der Waals surface area (Å²) in [4.78, 5) is 13.8. The SMILES string of the molecule is CN(Cc1cccc(Cl)c1Cl)C(=O)CC1CCCN1.Cl. The van der Waals surface area contributed by atoms with E-state index in [1.54, 1.807) is 18.0 Å². The summed E-state index contributed by atoms with van der Waals surface area (Å²) in [6.45, 7) is 1.51. The topological polar surface area (TPSA) is 32.3 Å². The van der Waals surface area contributed by atoms with Gasteiger partial charge in [-0.05, 0) is 31.0 Å². The van der Waals surface area contributed by atoms with Crippen LogP contribution >= 0.6 is 35.6 Å². The van der Waals surface area contributed by atoms with E-state index in [4.69, 9.17) is 23.2 Å². The van der Waals surface area contributed by atoms with Crippen LogP contribution in [0.1, 0.15) is 24.8 Å². The number of amides is 1. The highest BCUT2D eigenvalue weighted by Gasteiger charge is 2.20. The van der Waals surface area contributed by atoms with Crippen LogP contribution in [0, 0.1) is 0 Å². The summed E-state index contributed by atoms with van der Waals surface area (Å²) in [5.74, 6) is 0.135. The van der Waals surface area contributed by atoms with E-state index in [0.29, 0.717) is 29.1 Å². The van der Waals surface area contributed by atoms with Crippen LogP contribution in [0.25, 0.3) is 0 Å². The third kappa shape index (κ3) is 4.52. The molecule has 1 aromatic carbocycles. The van der Waals surface area contributed by atoms with Gasteiger partial charge in [-0.3, -0.25) is 4.79 Å². The molecule has 0 radical (unpaired) electrons. The van der Waals surface area contributed by atoms with Crippen LogP contribution in [0.5, 0.6) is 0 Å². The van der Waals surface area contributed by atoms with Crippen LogP contribution in [0.4, 0.5) is 0 Å². The monoisotopic (exact) mass is 336 g/mol. The van der Waals surface area contributed by atoms with Crippen LogP contribution in [0.2, 0.25) is 10.0 Å². The Morgan fingerprint density at radius 3 is 2.85 bits per heavy atom. The Labute approximate surface area is 136 Å². The summed E-state index contributed by atoms with van der Waals surface area (Å²) in [6, 6.07) is 5.81. The number of benzene rings is 1. The molecule has 0 saturated carbocycles. The smallest absolute Gasteiger partial charge is 0.224 e. The molecular formula is C14H19Cl3N2O. The Kier molecular flexibility index (Phi) is 7.10. The average molecular weight is 338 g/mol. The zero-order valence-electron chi connectivity index (χ0n) is 11.4. The first-order chi connectivity index (χ1) is 9.08. The summed E-state index contributed by atoms with van der Waals surface area (Å²) in [5.41, 5.74) is 0.879. The van der Waals surface area contributed by atoms with E-state index in [1.807, 2.05) is 12.1 Å². The van der Waals surface area contributed by atoms with Crippen molar-refractivity contribution in [2.45, 2.75) is 31.8 Å². The van der Waals surface area contributed by atoms with Crippen LogP contribution in [0.3, 0.4) is 0 Å². The molecule has 1 atom stereocenters. The van der Waals surface area contributed by atoms with E-state index in [0.717, 1.165) is 24.9 Å². The van der Waals surface area contributed by atoms with E-state index in [2.05, 4.69) is 5.32 Å². The van der Waals surface area contributed by atoms with Crippen molar-refractivity contribution >= 4 is 41.5 Å². The number of hydrogen-bond donors (Lipinski definition) is 1. The number of halogens is 3. The first kappa shape index (κ1) is 17.6. The normalized spacial score (nSPS) is 17.6. The van der Waals surface area contributed by atoms with Gasteiger partial charge in [-0.15, -0.1) is 12.4 Å². The first-order valence-corrected chi connectivity index (χ1v) is 7.23. The molecule has 1 heterocycles. The van der Waals surface area contributed by atoms with E-state index >= 15 is 0 Å². The first-order valence-electron chi connectivity index (χ1n) is 6.48. The Bertz CT molecular complexity index is 462. The molecule has 1 aliphatic rings. The van der Waals surface area contributed by atoms with Gasteiger partial charge in [0.25, 0.3) is 0 Å². The van der Waals surface area contributed by atoms with Gasteiger partial charge in [0.15, 0.2) is 0 Å². The molecule has 0 aliphatic carbocycles. The molecule has 1 aromatic rings. The minimum absolute atomic E-state index is 0. The Balaban J connectivity index is 0.00000200. The highest BCUT2D eigenvalue weighted by Crippen LogP contribution is 2.26. The second kappa shape index (κ2) is 8.08. The summed E-state index contributed by atoms with van der Waals surface area (Å²) in [5, 5.41) is 4.39. The summed E-state index contributed by atoms with van der Waals surface area (Å²) in [7, 11) is 1.80. The maximum Gasteiger partial charge on any atom is 0.224 e. The lowest BCUT2D eigenvalue weighted by atomic mass is 10.1. The van der Waals surface area contributed by atoms with Crippen molar-refractivity contribution in [1.82, 2.24) is 10.2 Å². The van der Waals surface area contributed by atoms with Crippen molar-refractivity contribution < 1.29 is 4.79 Å². The van der Waals surface area contributed by atoms with Crippen LogP contribution in [0.15, 0.2) is 18.2 Å². The summed E-state index contributed by atoms with van der Waals surface area (Å²) >= 11 is 12.1. The van der Waals surface area contributed by atoms with Crippen molar-refractivity contribution in [3.05, 3.63) is 33.8 Å². The molecule has 1 N–H and O–H groups in total. The highest BCUT2D eigenvalue weighted by molar-refractivity contribution is 6.42. The van der Waals surface area contributed by atoms with E-state index < -0.39 is 0 Å². The standard InChI is InChI=1S/C14H18Cl2N2O.ClH/c1-18(13(19)8-11-5-3-7-17-11)9-10-4-2-6-12(15)14(10)16;/h2,4,6,11,17H,3,5,7-9H2,1H3;1H. The van der Waals surface area contributed by atoms with Crippen molar-refractivity contribution in [2.24, 2.45) is 0 Å². The molecule has 6 heteroatoms. The molecule has 1 aliphatic heterocycles. The predicted molar refractivity (Wildman–Crippen MR) is 85.8 cm³/mol. The fraction of sp³-hybridized carbons (Fsp3) is 0.500. The van der Waals surface area contributed by atoms with Crippen LogP contribution < -0.4 is 5.32 Å². The van der Waals surface area contributed by atoms with Crippen molar-refractivity contribution in [2.75, 3.05) is 13.6 Å². The number of hydrogen-bond acceptors (Lipinski definition) is 2. The lowest BCUT2D eigenvalue weighted by Gasteiger charge is -2.20. The number of rotatable bonds is 4. The molecule has 20 heavy (non-hydrogen) atoms. The average Bonchev–Trinajstić information content (AvgIpc) is 2.87. The Morgan fingerprint density at radius 1 is 1.45 bits per heavy atom. The number of carbonyl (C=O) groups excluding carboxylic acids is 1. The lowest BCUT2D eigenvalue weighted by molar-refractivity contribution is -0.130. The van der Waals surface area contributed by atoms with Gasteiger partial charge < -0.3 is 10.2 Å². The van der Waals surface area contributed by atoms with Gasteiger partial charge in [0.05, 0.1) is 10.0 Å². The lowest BCUT2D eigenvalue weighted by Crippen LogP contribution is -2.33. The summed E-state index contributed by atoms with van der Waals surface area (Å²) in [6.07, 6.45) is 2.79. The summed E-state index contributed by atoms with van der Waals surface area (Å²) < 4.78 is 0. The predicted octanol–water partition coefficient (Wildman–Crippen LogP) is 3.52. The minimum Gasteiger partial charge on any atom is -0.341 e. The van der Waals surface area contributed by atoms with E-state index in [1.165, 1.54) is 0 Å². The number of nitrogens with zero attached hydrogens (tertiary/aromatic N) is 1. The fourth-order valence-corrected chi connectivity index (χ4v) is 2.69. The second-order valence-corrected chi connectivity index (χ2v) is 5.75. The van der Waals surface area contributed by atoms with Crippen molar-refractivity contribution in [3.63, 3.8) is 0 Å². The molecule has 112 valence electrons. The van der Waals surface area contributed by atoms with Gasteiger partial charge in [-0.25, -0.2) is 0 Å². The third-order valence-corrected chi connectivity index (χ3v) is 4.31. The molecule has 0 spiro atoms. The van der Waals surface area contributed by atoms with Gasteiger partial charge in [-0.1, -0.05) is 35.3 Å². The van der Waals surface area contributed by atoms with Gasteiger partial charge in [0.2, 0.25) is 5.91 Å². The third-order valence-electron chi connectivity index (χ3n) is 3.45. The maximum absolute atomic E-state index is 12.1. The molecule has 1 amide bonds. The van der Waals surface area contributed by atoms with Gasteiger partial charge >= 0.3 is 0 Å². The maximum atomic E-state index is 12.1. The Morgan fingerprint density at radius 2 is 2.20 bits per heavy atom. The Hall–Kier alpha value is -0.480. The molecule has 1 saturated heterocycles. The molecular weight excluding hydrogens is 319 g/mol. The number of carbonyl (C=O) groups is 1.